The highest BCUT2D eigenvalue weighted by Crippen LogP contribution is 2.15. The number of ether oxygens (including phenoxy) is 1. The molecule has 4 heteroatoms. The van der Waals surface area contributed by atoms with Gasteiger partial charge >= 0.3 is 0 Å². The van der Waals surface area contributed by atoms with Crippen molar-refractivity contribution in [1.82, 2.24) is 9.55 Å². The molecule has 0 bridgehead atoms. The Kier molecular flexibility index (Phi) is 3.90. The summed E-state index contributed by atoms with van der Waals surface area (Å²) < 4.78 is 7.03. The van der Waals surface area contributed by atoms with Crippen LogP contribution in [0.4, 0.5) is 0 Å². The molecule has 0 saturated carbocycles. The van der Waals surface area contributed by atoms with Crippen LogP contribution in [0.5, 0.6) is 0 Å². The van der Waals surface area contributed by atoms with Crippen LogP contribution in [0, 0.1) is 0 Å². The van der Waals surface area contributed by atoms with E-state index in [9.17, 15) is 0 Å². The van der Waals surface area contributed by atoms with Gasteiger partial charge in [-0.05, 0) is 18.1 Å². The number of aliphatic hydroxyl groups is 1. The SMILES string of the molecule is COCCc1ccccc1-n1cnc(CO)c1. The molecule has 0 aliphatic rings. The van der Waals surface area contributed by atoms with Crippen LogP contribution >= 0.6 is 0 Å². The number of imidazole rings is 1. The minimum absolute atomic E-state index is 0.0345. The molecule has 17 heavy (non-hydrogen) atoms. The number of aliphatic hydroxyl groups excluding tert-OH is 1. The maximum Gasteiger partial charge on any atom is 0.0996 e. The first-order valence-electron chi connectivity index (χ1n) is 5.56. The molecule has 0 saturated heterocycles. The van der Waals surface area contributed by atoms with Crippen molar-refractivity contribution in [2.75, 3.05) is 13.7 Å². The van der Waals surface area contributed by atoms with Crippen LogP contribution in [0.2, 0.25) is 0 Å². The highest BCUT2D eigenvalue weighted by atomic mass is 16.5. The zero-order chi connectivity index (χ0) is 12.1. The van der Waals surface area contributed by atoms with E-state index in [-0.39, 0.29) is 6.61 Å². The quantitative estimate of drug-likeness (QED) is 0.851. The number of aromatic nitrogens is 2. The fourth-order valence-corrected chi connectivity index (χ4v) is 1.76. The zero-order valence-corrected chi connectivity index (χ0v) is 9.84. The molecule has 1 aromatic heterocycles. The van der Waals surface area contributed by atoms with Gasteiger partial charge in [-0.1, -0.05) is 18.2 Å². The van der Waals surface area contributed by atoms with Crippen molar-refractivity contribution in [3.05, 3.63) is 48.0 Å². The fraction of sp³-hybridized carbons (Fsp3) is 0.308. The molecule has 0 spiro atoms. The molecule has 1 heterocycles. The van der Waals surface area contributed by atoms with Gasteiger partial charge in [0.2, 0.25) is 0 Å². The van der Waals surface area contributed by atoms with Crippen molar-refractivity contribution in [2.24, 2.45) is 0 Å². The molecule has 90 valence electrons. The van der Waals surface area contributed by atoms with Gasteiger partial charge in [0.25, 0.3) is 0 Å². The normalized spacial score (nSPS) is 10.7. The van der Waals surface area contributed by atoms with E-state index >= 15 is 0 Å². The summed E-state index contributed by atoms with van der Waals surface area (Å²) >= 11 is 0. The summed E-state index contributed by atoms with van der Waals surface area (Å²) in [5, 5.41) is 9.01. The van der Waals surface area contributed by atoms with Gasteiger partial charge in [-0.15, -0.1) is 0 Å². The number of methoxy groups -OCH3 is 1. The molecule has 0 fully saturated rings. The lowest BCUT2D eigenvalue weighted by molar-refractivity contribution is 0.202. The number of benzene rings is 1. The Balaban J connectivity index is 2.30. The summed E-state index contributed by atoms with van der Waals surface area (Å²) in [5.74, 6) is 0. The minimum Gasteiger partial charge on any atom is -0.390 e. The van der Waals surface area contributed by atoms with Gasteiger partial charge in [-0.3, -0.25) is 0 Å². The second-order valence-corrected chi connectivity index (χ2v) is 3.80. The van der Waals surface area contributed by atoms with E-state index in [2.05, 4.69) is 11.1 Å². The predicted octanol–water partition coefficient (Wildman–Crippen LogP) is 1.55. The lowest BCUT2D eigenvalue weighted by atomic mass is 10.1. The van der Waals surface area contributed by atoms with E-state index < -0.39 is 0 Å². The minimum atomic E-state index is -0.0345. The lowest BCUT2D eigenvalue weighted by Crippen LogP contribution is -2.01. The van der Waals surface area contributed by atoms with Crippen LogP contribution in [0.15, 0.2) is 36.8 Å². The van der Waals surface area contributed by atoms with Crippen LogP contribution < -0.4 is 0 Å². The van der Waals surface area contributed by atoms with Crippen molar-refractivity contribution in [3.63, 3.8) is 0 Å². The average Bonchev–Trinajstić information content (AvgIpc) is 2.85. The number of para-hydroxylation sites is 1. The number of rotatable bonds is 5. The van der Waals surface area contributed by atoms with Crippen molar-refractivity contribution >= 4 is 0 Å². The molecule has 2 rings (SSSR count). The van der Waals surface area contributed by atoms with Crippen molar-refractivity contribution in [3.8, 4) is 5.69 Å². The molecule has 1 N–H and O–H groups in total. The monoisotopic (exact) mass is 232 g/mol. The third-order valence-electron chi connectivity index (χ3n) is 2.64. The van der Waals surface area contributed by atoms with Crippen molar-refractivity contribution < 1.29 is 9.84 Å². The van der Waals surface area contributed by atoms with Gasteiger partial charge in [0, 0.05) is 19.0 Å². The van der Waals surface area contributed by atoms with Gasteiger partial charge in [0.15, 0.2) is 0 Å². The number of nitrogens with zero attached hydrogens (tertiary/aromatic N) is 2. The van der Waals surface area contributed by atoms with Crippen LogP contribution in [-0.2, 0) is 17.8 Å². The van der Waals surface area contributed by atoms with E-state index in [0.717, 1.165) is 12.1 Å². The molecule has 0 aliphatic heterocycles. The molecule has 0 aliphatic carbocycles. The Morgan fingerprint density at radius 2 is 2.18 bits per heavy atom. The lowest BCUT2D eigenvalue weighted by Gasteiger charge is -2.09. The number of hydrogen-bond donors (Lipinski definition) is 1. The van der Waals surface area contributed by atoms with Gasteiger partial charge in [0.05, 0.1) is 25.2 Å². The molecule has 0 radical (unpaired) electrons. The smallest absolute Gasteiger partial charge is 0.0996 e. The van der Waals surface area contributed by atoms with E-state index in [1.165, 1.54) is 5.56 Å². The summed E-state index contributed by atoms with van der Waals surface area (Å²) in [7, 11) is 1.70. The Hall–Kier alpha value is -1.65. The van der Waals surface area contributed by atoms with Gasteiger partial charge in [-0.25, -0.2) is 4.98 Å². The van der Waals surface area contributed by atoms with E-state index in [1.54, 1.807) is 13.4 Å². The standard InChI is InChI=1S/C13H16N2O2/c1-17-7-6-11-4-2-3-5-13(11)15-8-12(9-16)14-10-15/h2-5,8,10,16H,6-7,9H2,1H3. The molecule has 0 atom stereocenters. The summed E-state index contributed by atoms with van der Waals surface area (Å²) in [6.45, 7) is 0.659. The summed E-state index contributed by atoms with van der Waals surface area (Å²) in [6, 6.07) is 8.11. The van der Waals surface area contributed by atoms with Crippen LogP contribution in [0.3, 0.4) is 0 Å². The maximum absolute atomic E-state index is 9.01. The largest absolute Gasteiger partial charge is 0.390 e. The highest BCUT2D eigenvalue weighted by molar-refractivity contribution is 5.41. The Morgan fingerprint density at radius 1 is 1.35 bits per heavy atom. The van der Waals surface area contributed by atoms with Gasteiger partial charge < -0.3 is 14.4 Å². The summed E-state index contributed by atoms with van der Waals surface area (Å²) in [4.78, 5) is 4.11. The number of hydrogen-bond acceptors (Lipinski definition) is 3. The van der Waals surface area contributed by atoms with Crippen LogP contribution in [0.1, 0.15) is 11.3 Å². The van der Waals surface area contributed by atoms with E-state index in [1.807, 2.05) is 29.0 Å². The Morgan fingerprint density at radius 3 is 2.88 bits per heavy atom. The van der Waals surface area contributed by atoms with Gasteiger partial charge in [0.1, 0.15) is 0 Å². The van der Waals surface area contributed by atoms with Crippen LogP contribution in [-0.4, -0.2) is 28.4 Å². The van der Waals surface area contributed by atoms with Crippen molar-refractivity contribution in [1.29, 1.82) is 0 Å². The summed E-state index contributed by atoms with van der Waals surface area (Å²) in [5.41, 5.74) is 2.96. The first kappa shape index (κ1) is 11.8. The first-order valence-corrected chi connectivity index (χ1v) is 5.56. The third-order valence-corrected chi connectivity index (χ3v) is 2.64. The molecule has 0 amide bonds. The molecule has 4 nitrogen and oxygen atoms in total. The van der Waals surface area contributed by atoms with Crippen LogP contribution in [0.25, 0.3) is 5.69 Å². The Labute approximate surface area is 100 Å². The average molecular weight is 232 g/mol. The zero-order valence-electron chi connectivity index (χ0n) is 9.84. The topological polar surface area (TPSA) is 47.3 Å². The van der Waals surface area contributed by atoms with E-state index in [4.69, 9.17) is 9.84 Å². The third kappa shape index (κ3) is 2.72. The highest BCUT2D eigenvalue weighted by Gasteiger charge is 2.05. The van der Waals surface area contributed by atoms with Crippen molar-refractivity contribution in [2.45, 2.75) is 13.0 Å². The molecular weight excluding hydrogens is 216 g/mol. The summed E-state index contributed by atoms with van der Waals surface area (Å²) in [6.07, 6.45) is 4.42. The molecule has 0 unspecified atom stereocenters. The maximum atomic E-state index is 9.01. The Bertz CT molecular complexity index is 480. The molecule has 2 aromatic rings. The first-order chi connectivity index (χ1) is 8.35. The fourth-order valence-electron chi connectivity index (χ4n) is 1.76. The molecular formula is C13H16N2O2. The predicted molar refractivity (Wildman–Crippen MR) is 65.1 cm³/mol. The van der Waals surface area contributed by atoms with E-state index in [0.29, 0.717) is 12.3 Å². The molecule has 1 aromatic carbocycles. The van der Waals surface area contributed by atoms with Gasteiger partial charge in [-0.2, -0.15) is 0 Å². The second-order valence-electron chi connectivity index (χ2n) is 3.80. The second kappa shape index (κ2) is 5.61.